The zero-order valence-electron chi connectivity index (χ0n) is 12.8. The highest BCUT2D eigenvalue weighted by molar-refractivity contribution is 6.33. The molecule has 1 heterocycles. The van der Waals surface area contributed by atoms with Gasteiger partial charge in [-0.05, 0) is 24.3 Å². The Labute approximate surface area is 143 Å². The van der Waals surface area contributed by atoms with Gasteiger partial charge in [0.1, 0.15) is 5.75 Å². The summed E-state index contributed by atoms with van der Waals surface area (Å²) in [5.41, 5.74) is 1.29. The number of aryl methyl sites for hydroxylation is 1. The molecule has 0 saturated carbocycles. The maximum Gasteiger partial charge on any atom is 0.262 e. The third kappa shape index (κ3) is 3.91. The number of rotatable bonds is 5. The predicted octanol–water partition coefficient (Wildman–Crippen LogP) is 3.72. The van der Waals surface area contributed by atoms with Crippen LogP contribution < -0.4 is 10.1 Å². The van der Waals surface area contributed by atoms with E-state index in [1.54, 1.807) is 49.4 Å². The Kier molecular flexibility index (Phi) is 4.77. The van der Waals surface area contributed by atoms with Crippen LogP contribution >= 0.6 is 11.6 Å². The third-order valence-electron chi connectivity index (χ3n) is 3.14. The summed E-state index contributed by atoms with van der Waals surface area (Å²) in [6, 6.07) is 14.1. The van der Waals surface area contributed by atoms with Gasteiger partial charge in [-0.3, -0.25) is 4.79 Å². The van der Waals surface area contributed by atoms with Gasteiger partial charge in [0.2, 0.25) is 11.7 Å². The monoisotopic (exact) mass is 343 g/mol. The highest BCUT2D eigenvalue weighted by Gasteiger charge is 2.09. The Morgan fingerprint density at radius 2 is 2.08 bits per heavy atom. The van der Waals surface area contributed by atoms with E-state index >= 15 is 0 Å². The van der Waals surface area contributed by atoms with Crippen molar-refractivity contribution in [2.75, 3.05) is 11.9 Å². The molecule has 3 aromatic rings. The molecule has 0 radical (unpaired) electrons. The van der Waals surface area contributed by atoms with Crippen LogP contribution in [0.1, 0.15) is 5.89 Å². The van der Waals surface area contributed by atoms with Gasteiger partial charge in [0, 0.05) is 12.5 Å². The average molecular weight is 344 g/mol. The van der Waals surface area contributed by atoms with Crippen LogP contribution in [0.4, 0.5) is 5.69 Å². The molecule has 0 atom stereocenters. The zero-order valence-corrected chi connectivity index (χ0v) is 13.6. The lowest BCUT2D eigenvalue weighted by Gasteiger charge is -2.09. The van der Waals surface area contributed by atoms with Gasteiger partial charge in [-0.25, -0.2) is 0 Å². The minimum atomic E-state index is -0.302. The summed E-state index contributed by atoms with van der Waals surface area (Å²) in [5.74, 6) is 1.18. The summed E-state index contributed by atoms with van der Waals surface area (Å²) in [6.45, 7) is 1.58. The molecular formula is C17H14ClN3O3. The quantitative estimate of drug-likeness (QED) is 0.764. The molecule has 122 valence electrons. The number of hydrogen-bond donors (Lipinski definition) is 1. The van der Waals surface area contributed by atoms with Crippen molar-refractivity contribution in [3.8, 4) is 17.1 Å². The Morgan fingerprint density at radius 1 is 1.25 bits per heavy atom. The second kappa shape index (κ2) is 7.14. The van der Waals surface area contributed by atoms with E-state index in [1.807, 2.05) is 6.07 Å². The first kappa shape index (κ1) is 16.0. The molecular weight excluding hydrogens is 330 g/mol. The van der Waals surface area contributed by atoms with E-state index in [2.05, 4.69) is 15.5 Å². The van der Waals surface area contributed by atoms with Crippen LogP contribution in [0.3, 0.4) is 0 Å². The number of carbonyl (C=O) groups excluding carboxylic acids is 1. The van der Waals surface area contributed by atoms with Crippen LogP contribution in [0.5, 0.6) is 5.75 Å². The van der Waals surface area contributed by atoms with E-state index in [9.17, 15) is 4.79 Å². The third-order valence-corrected chi connectivity index (χ3v) is 3.47. The number of nitrogens with one attached hydrogen (secondary N) is 1. The summed E-state index contributed by atoms with van der Waals surface area (Å²) in [5, 5.41) is 7.02. The van der Waals surface area contributed by atoms with Crippen LogP contribution in [0, 0.1) is 6.92 Å². The maximum atomic E-state index is 12.0. The molecule has 2 aromatic carbocycles. The lowest BCUT2D eigenvalue weighted by Crippen LogP contribution is -2.20. The molecule has 7 heteroatoms. The molecule has 0 spiro atoms. The number of amides is 1. The molecule has 0 bridgehead atoms. The highest BCUT2D eigenvalue weighted by Crippen LogP contribution is 2.22. The van der Waals surface area contributed by atoms with Crippen LogP contribution in [0.15, 0.2) is 53.1 Å². The van der Waals surface area contributed by atoms with Crippen LogP contribution in [-0.2, 0) is 4.79 Å². The summed E-state index contributed by atoms with van der Waals surface area (Å²) in [4.78, 5) is 16.1. The molecule has 0 unspecified atom stereocenters. The van der Waals surface area contributed by atoms with E-state index in [4.69, 9.17) is 20.9 Å². The smallest absolute Gasteiger partial charge is 0.262 e. The number of ether oxygens (including phenoxy) is 1. The lowest BCUT2D eigenvalue weighted by atomic mass is 10.2. The van der Waals surface area contributed by atoms with Gasteiger partial charge >= 0.3 is 0 Å². The molecule has 0 aliphatic rings. The van der Waals surface area contributed by atoms with Crippen LogP contribution in [0.2, 0.25) is 5.02 Å². The number of para-hydroxylation sites is 1. The number of halogens is 1. The van der Waals surface area contributed by atoms with E-state index < -0.39 is 0 Å². The van der Waals surface area contributed by atoms with Crippen molar-refractivity contribution in [2.24, 2.45) is 0 Å². The van der Waals surface area contributed by atoms with E-state index in [-0.39, 0.29) is 12.5 Å². The zero-order chi connectivity index (χ0) is 16.9. The van der Waals surface area contributed by atoms with Gasteiger partial charge in [0.05, 0.1) is 10.7 Å². The molecule has 1 N–H and O–H groups in total. The topological polar surface area (TPSA) is 77.2 Å². The summed E-state index contributed by atoms with van der Waals surface area (Å²) in [6.07, 6.45) is 0. The SMILES string of the molecule is Cc1nc(-c2cccc(OCC(=O)Nc3ccccc3Cl)c2)no1. The van der Waals surface area contributed by atoms with E-state index in [0.29, 0.717) is 28.2 Å². The fraction of sp³-hybridized carbons (Fsp3) is 0.118. The van der Waals surface area contributed by atoms with Crippen molar-refractivity contribution in [1.29, 1.82) is 0 Å². The maximum absolute atomic E-state index is 12.0. The number of hydrogen-bond acceptors (Lipinski definition) is 5. The van der Waals surface area contributed by atoms with Gasteiger partial charge in [-0.1, -0.05) is 41.0 Å². The Morgan fingerprint density at radius 3 is 2.83 bits per heavy atom. The molecule has 3 rings (SSSR count). The molecule has 1 aromatic heterocycles. The summed E-state index contributed by atoms with van der Waals surface area (Å²) >= 11 is 6.00. The van der Waals surface area contributed by atoms with Crippen LogP contribution in [-0.4, -0.2) is 22.7 Å². The number of benzene rings is 2. The first-order valence-corrected chi connectivity index (χ1v) is 7.57. The number of anilines is 1. The largest absolute Gasteiger partial charge is 0.484 e. The van der Waals surface area contributed by atoms with Crippen LogP contribution in [0.25, 0.3) is 11.4 Å². The summed E-state index contributed by atoms with van der Waals surface area (Å²) < 4.78 is 10.5. The van der Waals surface area contributed by atoms with E-state index in [0.717, 1.165) is 5.56 Å². The molecule has 24 heavy (non-hydrogen) atoms. The van der Waals surface area contributed by atoms with Crippen molar-refractivity contribution < 1.29 is 14.1 Å². The molecule has 0 aliphatic carbocycles. The minimum absolute atomic E-state index is 0.139. The first-order chi connectivity index (χ1) is 11.6. The second-order valence-electron chi connectivity index (χ2n) is 4.98. The Balaban J connectivity index is 1.62. The van der Waals surface area contributed by atoms with Gasteiger partial charge in [-0.15, -0.1) is 0 Å². The second-order valence-corrected chi connectivity index (χ2v) is 5.39. The predicted molar refractivity (Wildman–Crippen MR) is 90.0 cm³/mol. The van der Waals surface area contributed by atoms with Crippen molar-refractivity contribution in [1.82, 2.24) is 10.1 Å². The normalized spacial score (nSPS) is 10.4. The fourth-order valence-electron chi connectivity index (χ4n) is 2.04. The lowest BCUT2D eigenvalue weighted by molar-refractivity contribution is -0.118. The van der Waals surface area contributed by atoms with Gasteiger partial charge in [0.15, 0.2) is 6.61 Å². The molecule has 0 aliphatic heterocycles. The van der Waals surface area contributed by atoms with Gasteiger partial charge in [-0.2, -0.15) is 4.98 Å². The van der Waals surface area contributed by atoms with E-state index in [1.165, 1.54) is 0 Å². The van der Waals surface area contributed by atoms with Gasteiger partial charge < -0.3 is 14.6 Å². The van der Waals surface area contributed by atoms with Crippen molar-refractivity contribution >= 4 is 23.2 Å². The minimum Gasteiger partial charge on any atom is -0.484 e. The molecule has 1 amide bonds. The van der Waals surface area contributed by atoms with Gasteiger partial charge in [0.25, 0.3) is 5.91 Å². The van der Waals surface area contributed by atoms with Crippen molar-refractivity contribution in [3.05, 3.63) is 59.4 Å². The standard InChI is InChI=1S/C17H14ClN3O3/c1-11-19-17(21-24-11)12-5-4-6-13(9-12)23-10-16(22)20-15-8-3-2-7-14(15)18/h2-9H,10H2,1H3,(H,20,22). The Bertz CT molecular complexity index is 864. The number of carbonyl (C=O) groups is 1. The molecule has 0 saturated heterocycles. The molecule has 0 fully saturated rings. The fourth-order valence-corrected chi connectivity index (χ4v) is 2.22. The average Bonchev–Trinajstić information content (AvgIpc) is 3.02. The number of nitrogens with zero attached hydrogens (tertiary/aromatic N) is 2. The van der Waals surface area contributed by atoms with Crippen molar-refractivity contribution in [3.63, 3.8) is 0 Å². The highest BCUT2D eigenvalue weighted by atomic mass is 35.5. The summed E-state index contributed by atoms with van der Waals surface area (Å²) in [7, 11) is 0. The van der Waals surface area contributed by atoms with Crippen molar-refractivity contribution in [2.45, 2.75) is 6.92 Å². The Hall–Kier alpha value is -2.86. The first-order valence-electron chi connectivity index (χ1n) is 7.20. The molecule has 6 nitrogen and oxygen atoms in total. The number of aromatic nitrogens is 2.